The summed E-state index contributed by atoms with van der Waals surface area (Å²) in [4.78, 5) is 53.9. The Kier molecular flexibility index (Phi) is 14.4. The monoisotopic (exact) mass is 1160 g/mol. The number of esters is 2. The number of aliphatic hydroxyl groups excluding tert-OH is 2. The number of hydrogen-bond acceptors (Lipinski definition) is 11. The molecule has 12 atom stereocenters. The van der Waals surface area contributed by atoms with Crippen molar-refractivity contribution in [3.05, 3.63) is 11.1 Å². The van der Waals surface area contributed by atoms with E-state index in [9.17, 15) is 34.5 Å². The largest absolute Gasteiger partial charge is 0.456 e. The van der Waals surface area contributed by atoms with E-state index < -0.39 is 88.3 Å². The van der Waals surface area contributed by atoms with Gasteiger partial charge < -0.3 is 39.6 Å². The molecule has 1 saturated heterocycles. The number of rotatable bonds is 6. The number of nitrogens with one attached hydrogen (secondary N) is 1. The van der Waals surface area contributed by atoms with Gasteiger partial charge in [0.05, 0.1) is 30.3 Å². The van der Waals surface area contributed by atoms with E-state index in [1.807, 2.05) is 34.6 Å². The molecule has 1 aliphatic heterocycles. The van der Waals surface area contributed by atoms with E-state index in [1.54, 1.807) is 34.6 Å². The van der Waals surface area contributed by atoms with Crippen LogP contribution in [0.4, 0.5) is 4.79 Å². The summed E-state index contributed by atoms with van der Waals surface area (Å²) in [6.07, 6.45) is -5.58. The molecule has 2 bridgehead atoms. The van der Waals surface area contributed by atoms with Gasteiger partial charge >= 0.3 is 18.0 Å². The molecule has 1 heterocycles. The number of carbonyl (C=O) groups is 4. The summed E-state index contributed by atoms with van der Waals surface area (Å²) in [7, 11) is 0. The molecule has 0 spiro atoms. The molecule has 4 aliphatic carbocycles. The molecule has 1 amide bonds. The number of amides is 1. The number of ether oxygens (including phenoxy) is 4. The summed E-state index contributed by atoms with van der Waals surface area (Å²) in [5, 5.41) is 37.6. The molecule has 0 aromatic rings. The molecule has 5 aliphatic rings. The summed E-state index contributed by atoms with van der Waals surface area (Å²) in [5.41, 5.74) is -3.64. The number of fused-ring (bicyclic) bond motifs is 5. The second-order valence-corrected chi connectivity index (χ2v) is 17.5. The van der Waals surface area contributed by atoms with Crippen molar-refractivity contribution in [3.63, 3.8) is 0 Å². The van der Waals surface area contributed by atoms with Crippen LogP contribution in [-0.4, -0.2) is 93.5 Å². The zero-order valence-electron chi connectivity index (χ0n) is 31.5. The fourth-order valence-electron chi connectivity index (χ4n) is 9.81. The van der Waals surface area contributed by atoms with Crippen LogP contribution < -0.4 is 5.32 Å². The molecule has 287 valence electrons. The van der Waals surface area contributed by atoms with Crippen molar-refractivity contribution in [1.82, 2.24) is 5.32 Å². The Bertz CT molecular complexity index is 1420. The number of aliphatic hydroxyl groups is 3. The topological polar surface area (TPSA) is 178 Å². The van der Waals surface area contributed by atoms with E-state index in [-0.39, 0.29) is 86.7 Å². The van der Waals surface area contributed by atoms with Gasteiger partial charge in [0.2, 0.25) is 0 Å². The number of Topliss-reactive ketones (excluding diaryl/α,β-unsaturated/α-hetero) is 1. The second-order valence-electron chi connectivity index (χ2n) is 17.5. The van der Waals surface area contributed by atoms with Crippen LogP contribution >= 0.6 is 37.2 Å². The van der Waals surface area contributed by atoms with Crippen LogP contribution in [0.5, 0.6) is 0 Å². The van der Waals surface area contributed by atoms with Crippen LogP contribution in [0.2, 0.25) is 0 Å². The van der Waals surface area contributed by atoms with Crippen LogP contribution in [0.1, 0.15) is 95.4 Å². The summed E-state index contributed by atoms with van der Waals surface area (Å²) in [6.45, 7) is 19.6. The molecule has 0 aromatic carbocycles. The van der Waals surface area contributed by atoms with Gasteiger partial charge in [0.15, 0.2) is 18.0 Å². The third kappa shape index (κ3) is 8.41. The van der Waals surface area contributed by atoms with Gasteiger partial charge in [0, 0.05) is 101 Å². The normalized spacial score (nSPS) is 38.5. The number of hydrogen-bond donors (Lipinski definition) is 4. The van der Waals surface area contributed by atoms with Crippen LogP contribution in [0.3, 0.4) is 0 Å². The van der Waals surface area contributed by atoms with Crippen LogP contribution in [-0.2, 0) is 33.3 Å². The summed E-state index contributed by atoms with van der Waals surface area (Å²) in [6, 6.07) is -0.968. The number of ketones is 1. The van der Waals surface area contributed by atoms with E-state index >= 15 is 0 Å². The quantitative estimate of drug-likeness (QED) is 0.122. The minimum Gasteiger partial charge on any atom is -0.456 e. The summed E-state index contributed by atoms with van der Waals surface area (Å²) < 4.78 is 23.0. The van der Waals surface area contributed by atoms with Gasteiger partial charge in [-0.3, -0.25) is 9.59 Å². The van der Waals surface area contributed by atoms with Crippen molar-refractivity contribution in [2.24, 2.45) is 39.9 Å². The third-order valence-corrected chi connectivity index (χ3v) is 12.4. The SMILES string of the molecule is CC(=O)OC1C(=O)[C@]2(C)C(O)CC3OCC3(O)[C@H]2[C@H](C)C2CC(OC(=O)C(O)C(NC(=O)OC(C)(C)C)C3CC3(C)C)C(C)=C1C2(C)C.II.[Ac]. The van der Waals surface area contributed by atoms with E-state index in [1.165, 1.54) is 6.92 Å². The average Bonchev–Trinajstić information content (AvgIpc) is 3.63. The first-order chi connectivity index (χ1) is 22.9. The van der Waals surface area contributed by atoms with Gasteiger partial charge in [-0.2, -0.15) is 0 Å². The standard InChI is InChI=1S/C36H55NO11.Ac.I2/c1-16-19-12-21(47-30(42)26(40)25(20-14-33(20,7)8)37-31(43)48-32(4,5)6)17(2)24(34(19,9)10)27(46-18(3)38)29(41)35(11)22(39)13-23-36(44,15-45-23)28(16)35;;1-2/h16,19-23,25-28,39-40,44H,12-15H2,1-11H3,(H,37,43);;/t16-,19?,20?,21?,22?,23?,25?,26?,27?,28+,35-,36?;;/m1../s1. The predicted octanol–water partition coefficient (Wildman–Crippen LogP) is 5.00. The minimum atomic E-state index is -1.71. The van der Waals surface area contributed by atoms with E-state index in [4.69, 9.17) is 18.9 Å². The van der Waals surface area contributed by atoms with E-state index in [0.29, 0.717) is 17.6 Å². The Morgan fingerprint density at radius 1 is 1.06 bits per heavy atom. The molecule has 4 fully saturated rings. The van der Waals surface area contributed by atoms with Crippen LogP contribution in [0.15, 0.2) is 11.1 Å². The molecular formula is C36H55AcI2NO11. The van der Waals surface area contributed by atoms with E-state index in [0.717, 1.165) is 0 Å². The summed E-state index contributed by atoms with van der Waals surface area (Å²) in [5.74, 6) is -3.83. The van der Waals surface area contributed by atoms with Gasteiger partial charge in [0.25, 0.3) is 0 Å². The second kappa shape index (κ2) is 16.1. The Hall–Kier alpha value is 0.362. The van der Waals surface area contributed by atoms with Gasteiger partial charge in [-0.1, -0.05) is 34.6 Å². The van der Waals surface area contributed by atoms with Gasteiger partial charge in [-0.15, -0.1) is 0 Å². The molecule has 9 unspecified atom stereocenters. The average molecular weight is 1160 g/mol. The molecule has 4 N–H and O–H groups in total. The predicted molar refractivity (Wildman–Crippen MR) is 200 cm³/mol. The smallest absolute Gasteiger partial charge is 0.407 e. The molecule has 15 heteroatoms. The van der Waals surface area contributed by atoms with Crippen molar-refractivity contribution >= 4 is 61.0 Å². The zero-order valence-corrected chi connectivity index (χ0v) is 40.6. The molecule has 51 heavy (non-hydrogen) atoms. The number of alkyl carbamates (subject to hydrolysis) is 1. The molecule has 3 saturated carbocycles. The van der Waals surface area contributed by atoms with Crippen molar-refractivity contribution in [3.8, 4) is 0 Å². The van der Waals surface area contributed by atoms with Crippen molar-refractivity contribution in [2.45, 2.75) is 143 Å². The first-order valence-corrected chi connectivity index (χ1v) is 23.6. The molecular weight excluding hydrogens is 1100 g/mol. The van der Waals surface area contributed by atoms with Gasteiger partial charge in [0.1, 0.15) is 17.3 Å². The van der Waals surface area contributed by atoms with E-state index in [2.05, 4.69) is 42.5 Å². The van der Waals surface area contributed by atoms with Crippen molar-refractivity contribution in [2.75, 3.05) is 6.61 Å². The van der Waals surface area contributed by atoms with Gasteiger partial charge in [-0.25, -0.2) is 9.59 Å². The maximum Gasteiger partial charge on any atom is 0.407 e. The fourth-order valence-corrected chi connectivity index (χ4v) is 9.81. The van der Waals surface area contributed by atoms with Crippen molar-refractivity contribution in [1.29, 1.82) is 0 Å². The molecule has 1 radical (unpaired) electrons. The first-order valence-electron chi connectivity index (χ1n) is 17.3. The Balaban J connectivity index is 0.00000230. The molecule has 5 rings (SSSR count). The number of carbonyl (C=O) groups excluding carboxylic acids is 4. The first kappa shape index (κ1) is 45.7. The molecule has 12 nitrogen and oxygen atoms in total. The van der Waals surface area contributed by atoms with Crippen LogP contribution in [0, 0.1) is 84.0 Å². The Labute approximate surface area is 360 Å². The Morgan fingerprint density at radius 3 is 2.10 bits per heavy atom. The van der Waals surface area contributed by atoms with Crippen LogP contribution in [0.25, 0.3) is 0 Å². The maximum atomic E-state index is 14.7. The van der Waals surface area contributed by atoms with Crippen molar-refractivity contribution < 1.29 is 97.5 Å². The summed E-state index contributed by atoms with van der Waals surface area (Å²) >= 11 is 4.24. The fraction of sp³-hybridized carbons (Fsp3) is 0.833. The maximum absolute atomic E-state index is 14.7. The minimum absolute atomic E-state index is 0. The Morgan fingerprint density at radius 2 is 1.63 bits per heavy atom. The molecule has 0 aromatic heterocycles. The van der Waals surface area contributed by atoms with Gasteiger partial charge in [-0.05, 0) is 87.2 Å². The third-order valence-electron chi connectivity index (χ3n) is 12.4. The number of halogens is 2. The zero-order chi connectivity index (χ0) is 38.1.